The predicted molar refractivity (Wildman–Crippen MR) is 36.2 cm³/mol. The maximum atomic E-state index is 6.11. The zero-order valence-corrected chi connectivity index (χ0v) is 5.88. The van der Waals surface area contributed by atoms with Gasteiger partial charge in [0.1, 0.15) is 0 Å². The molecule has 0 aliphatic heterocycles. The van der Waals surface area contributed by atoms with E-state index in [2.05, 4.69) is 0 Å². The SMILES string of the molecule is NC1C2CC3C1C3C2Cl. The molecule has 0 aromatic rings. The first-order valence-electron chi connectivity index (χ1n) is 3.70. The summed E-state index contributed by atoms with van der Waals surface area (Å²) < 4.78 is 0. The van der Waals surface area contributed by atoms with Gasteiger partial charge in [-0.15, -0.1) is 11.6 Å². The van der Waals surface area contributed by atoms with E-state index in [1.165, 1.54) is 6.42 Å². The minimum Gasteiger partial charge on any atom is -0.327 e. The zero-order chi connectivity index (χ0) is 6.17. The number of hydrogen-bond donors (Lipinski definition) is 1. The monoisotopic (exact) mass is 143 g/mol. The van der Waals surface area contributed by atoms with Crippen LogP contribution in [0.3, 0.4) is 0 Å². The van der Waals surface area contributed by atoms with Gasteiger partial charge in [-0.25, -0.2) is 0 Å². The van der Waals surface area contributed by atoms with E-state index in [1.54, 1.807) is 0 Å². The Hall–Kier alpha value is 0.250. The van der Waals surface area contributed by atoms with Crippen molar-refractivity contribution in [1.29, 1.82) is 0 Å². The Morgan fingerprint density at radius 2 is 2.00 bits per heavy atom. The van der Waals surface area contributed by atoms with Crippen LogP contribution in [0.15, 0.2) is 0 Å². The molecular weight excluding hydrogens is 134 g/mol. The van der Waals surface area contributed by atoms with Crippen LogP contribution in [-0.2, 0) is 0 Å². The van der Waals surface area contributed by atoms with E-state index in [1.807, 2.05) is 0 Å². The standard InChI is InChI=1S/C7H10ClN/c8-6-3-1-2-4(6)5(2)7(3)9/h2-7H,1,9H2. The summed E-state index contributed by atoms with van der Waals surface area (Å²) in [6, 6.07) is 0.475. The molecule has 2 N–H and O–H groups in total. The van der Waals surface area contributed by atoms with E-state index in [9.17, 15) is 0 Å². The van der Waals surface area contributed by atoms with Crippen LogP contribution in [0.25, 0.3) is 0 Å². The second-order valence-corrected chi connectivity index (χ2v) is 4.24. The van der Waals surface area contributed by atoms with Gasteiger partial charge in [0, 0.05) is 11.4 Å². The summed E-state index contributed by atoms with van der Waals surface area (Å²) in [5, 5.41) is 0.454. The Morgan fingerprint density at radius 1 is 1.22 bits per heavy atom. The molecule has 0 amide bonds. The molecule has 2 heteroatoms. The zero-order valence-electron chi connectivity index (χ0n) is 5.13. The van der Waals surface area contributed by atoms with Crippen molar-refractivity contribution in [3.8, 4) is 0 Å². The second kappa shape index (κ2) is 1.17. The third kappa shape index (κ3) is 0.352. The van der Waals surface area contributed by atoms with Gasteiger partial charge in [0.2, 0.25) is 0 Å². The Kier molecular flexibility index (Phi) is 0.647. The van der Waals surface area contributed by atoms with Crippen molar-refractivity contribution < 1.29 is 0 Å². The van der Waals surface area contributed by atoms with E-state index in [-0.39, 0.29) is 0 Å². The molecule has 50 valence electrons. The van der Waals surface area contributed by atoms with E-state index >= 15 is 0 Å². The molecule has 9 heavy (non-hydrogen) atoms. The molecule has 4 rings (SSSR count). The van der Waals surface area contributed by atoms with Crippen molar-refractivity contribution in [3.05, 3.63) is 0 Å². The molecule has 1 nitrogen and oxygen atoms in total. The molecule has 0 heterocycles. The summed E-state index contributed by atoms with van der Waals surface area (Å²) in [5.41, 5.74) is 5.91. The first-order chi connectivity index (χ1) is 4.30. The maximum absolute atomic E-state index is 6.11. The molecule has 6 unspecified atom stereocenters. The van der Waals surface area contributed by atoms with Crippen molar-refractivity contribution >= 4 is 11.6 Å². The van der Waals surface area contributed by atoms with Crippen molar-refractivity contribution in [3.63, 3.8) is 0 Å². The molecule has 6 atom stereocenters. The van der Waals surface area contributed by atoms with Gasteiger partial charge in [0.05, 0.1) is 0 Å². The van der Waals surface area contributed by atoms with E-state index in [0.717, 1.165) is 17.8 Å². The summed E-state index contributed by atoms with van der Waals surface area (Å²) in [6.07, 6.45) is 1.34. The third-order valence-electron chi connectivity index (χ3n) is 3.55. The van der Waals surface area contributed by atoms with Gasteiger partial charge in [0.15, 0.2) is 0 Å². The minimum atomic E-state index is 0.454. The molecule has 4 bridgehead atoms. The Bertz CT molecular complexity index is 150. The third-order valence-corrected chi connectivity index (χ3v) is 4.17. The Morgan fingerprint density at radius 3 is 2.11 bits per heavy atom. The summed E-state index contributed by atoms with van der Waals surface area (Å²) >= 11 is 6.11. The fourth-order valence-corrected chi connectivity index (χ4v) is 3.74. The van der Waals surface area contributed by atoms with Gasteiger partial charge in [-0.05, 0) is 30.1 Å². The number of nitrogens with two attached hydrogens (primary N) is 1. The molecular formula is C7H10ClN. The number of halogens is 1. The first-order valence-corrected chi connectivity index (χ1v) is 4.14. The highest BCUT2D eigenvalue weighted by Gasteiger charge is 2.72. The topological polar surface area (TPSA) is 26.0 Å². The van der Waals surface area contributed by atoms with Gasteiger partial charge >= 0.3 is 0 Å². The van der Waals surface area contributed by atoms with Gasteiger partial charge in [-0.1, -0.05) is 0 Å². The maximum Gasteiger partial charge on any atom is 0.0413 e. The molecule has 0 aromatic carbocycles. The average molecular weight is 144 g/mol. The van der Waals surface area contributed by atoms with Crippen LogP contribution < -0.4 is 5.73 Å². The fraction of sp³-hybridized carbons (Fsp3) is 1.00. The summed E-state index contributed by atoms with van der Waals surface area (Å²) in [5.74, 6) is 3.32. The van der Waals surface area contributed by atoms with Gasteiger partial charge < -0.3 is 5.73 Å². The fourth-order valence-electron chi connectivity index (χ4n) is 3.12. The largest absolute Gasteiger partial charge is 0.327 e. The lowest BCUT2D eigenvalue weighted by Gasteiger charge is -2.09. The molecule has 0 spiro atoms. The van der Waals surface area contributed by atoms with Crippen LogP contribution in [0.5, 0.6) is 0 Å². The quantitative estimate of drug-likeness (QED) is 0.500. The van der Waals surface area contributed by atoms with Crippen LogP contribution in [0.4, 0.5) is 0 Å². The highest BCUT2D eigenvalue weighted by molar-refractivity contribution is 6.21. The van der Waals surface area contributed by atoms with Crippen LogP contribution in [0.1, 0.15) is 6.42 Å². The van der Waals surface area contributed by atoms with E-state index in [4.69, 9.17) is 17.3 Å². The van der Waals surface area contributed by atoms with Crippen molar-refractivity contribution in [2.75, 3.05) is 0 Å². The number of rotatable bonds is 0. The van der Waals surface area contributed by atoms with Crippen LogP contribution in [0, 0.1) is 23.7 Å². The van der Waals surface area contributed by atoms with E-state index in [0.29, 0.717) is 17.3 Å². The van der Waals surface area contributed by atoms with E-state index < -0.39 is 0 Å². The van der Waals surface area contributed by atoms with Gasteiger partial charge in [0.25, 0.3) is 0 Å². The molecule has 0 saturated heterocycles. The normalized spacial score (nSPS) is 75.3. The summed E-state index contributed by atoms with van der Waals surface area (Å²) in [7, 11) is 0. The van der Waals surface area contributed by atoms with Gasteiger partial charge in [-0.2, -0.15) is 0 Å². The lowest BCUT2D eigenvalue weighted by Crippen LogP contribution is -2.26. The number of hydrogen-bond acceptors (Lipinski definition) is 1. The average Bonchev–Trinajstić information content (AvgIpc) is 2.18. The smallest absolute Gasteiger partial charge is 0.0413 e. The molecule has 4 aliphatic carbocycles. The molecule has 4 saturated carbocycles. The second-order valence-electron chi connectivity index (χ2n) is 3.74. The molecule has 0 aromatic heterocycles. The van der Waals surface area contributed by atoms with Crippen molar-refractivity contribution in [2.24, 2.45) is 29.4 Å². The highest BCUT2D eigenvalue weighted by Crippen LogP contribution is 2.71. The lowest BCUT2D eigenvalue weighted by molar-refractivity contribution is 0.526. The van der Waals surface area contributed by atoms with Crippen molar-refractivity contribution in [2.45, 2.75) is 17.8 Å². The van der Waals surface area contributed by atoms with Crippen LogP contribution in [0.2, 0.25) is 0 Å². The Balaban J connectivity index is 2.07. The molecule has 0 radical (unpaired) electrons. The van der Waals surface area contributed by atoms with Gasteiger partial charge in [-0.3, -0.25) is 0 Å². The van der Waals surface area contributed by atoms with Crippen LogP contribution in [-0.4, -0.2) is 11.4 Å². The van der Waals surface area contributed by atoms with Crippen molar-refractivity contribution in [1.82, 2.24) is 0 Å². The number of alkyl halides is 1. The van der Waals surface area contributed by atoms with Crippen LogP contribution >= 0.6 is 11.6 Å². The molecule has 4 fully saturated rings. The minimum absolute atomic E-state index is 0.454. The summed E-state index contributed by atoms with van der Waals surface area (Å²) in [4.78, 5) is 0. The first kappa shape index (κ1) is 4.97. The highest BCUT2D eigenvalue weighted by atomic mass is 35.5. The Labute approximate surface area is 59.6 Å². The summed E-state index contributed by atoms with van der Waals surface area (Å²) in [6.45, 7) is 0. The lowest BCUT2D eigenvalue weighted by atomic mass is 10.1. The molecule has 4 aliphatic rings. The predicted octanol–water partition coefficient (Wildman–Crippen LogP) is 0.817.